The van der Waals surface area contributed by atoms with E-state index in [2.05, 4.69) is 25.6 Å². The average Bonchev–Trinajstić information content (AvgIpc) is 2.62. The van der Waals surface area contributed by atoms with Gasteiger partial charge in [-0.3, -0.25) is 0 Å². The minimum absolute atomic E-state index is 0.547. The molecule has 0 saturated heterocycles. The van der Waals surface area contributed by atoms with Crippen molar-refractivity contribution in [2.45, 2.75) is 6.42 Å². The molecular weight excluding hydrogens is 302 g/mol. The van der Waals surface area contributed by atoms with E-state index >= 15 is 0 Å². The average molecular weight is 319 g/mol. The van der Waals surface area contributed by atoms with E-state index in [0.717, 1.165) is 41.5 Å². The standard InChI is InChI=1S/C18H17N5O/c1-3-14-12-15(4-1)24-10-2-7-19-17-11-13(5-8-20-17)16-6-9-21-18(22-14)23-16/h1,3-6,8-9,11-12H,2,7,10H2,(H,19,20)(H,21,22,23). The third-order valence-corrected chi connectivity index (χ3v) is 3.70. The van der Waals surface area contributed by atoms with Gasteiger partial charge in [-0.2, -0.15) is 0 Å². The number of aromatic nitrogens is 3. The quantitative estimate of drug-likeness (QED) is 0.661. The number of anilines is 3. The van der Waals surface area contributed by atoms with Crippen LogP contribution < -0.4 is 15.4 Å². The molecule has 0 fully saturated rings. The lowest BCUT2D eigenvalue weighted by atomic mass is 10.2. The van der Waals surface area contributed by atoms with E-state index in [1.807, 2.05) is 42.5 Å². The van der Waals surface area contributed by atoms with Crippen LogP contribution in [0.5, 0.6) is 5.75 Å². The Bertz CT molecular complexity index is 852. The monoisotopic (exact) mass is 319 g/mol. The molecule has 0 saturated carbocycles. The van der Waals surface area contributed by atoms with Crippen LogP contribution in [-0.2, 0) is 0 Å². The Morgan fingerprint density at radius 2 is 1.96 bits per heavy atom. The van der Waals surface area contributed by atoms with Gasteiger partial charge in [0, 0.05) is 36.3 Å². The number of hydrogen-bond acceptors (Lipinski definition) is 6. The number of nitrogens with one attached hydrogen (secondary N) is 2. The van der Waals surface area contributed by atoms with Crippen LogP contribution in [0.4, 0.5) is 17.5 Å². The first-order valence-corrected chi connectivity index (χ1v) is 7.90. The Kier molecular flexibility index (Phi) is 3.93. The van der Waals surface area contributed by atoms with E-state index < -0.39 is 0 Å². The molecule has 0 spiro atoms. The normalized spacial score (nSPS) is 13.5. The lowest BCUT2D eigenvalue weighted by Crippen LogP contribution is -2.08. The minimum Gasteiger partial charge on any atom is -0.493 e. The number of rotatable bonds is 0. The molecule has 1 aromatic carbocycles. The van der Waals surface area contributed by atoms with E-state index in [-0.39, 0.29) is 0 Å². The molecule has 2 N–H and O–H groups in total. The van der Waals surface area contributed by atoms with Gasteiger partial charge in [-0.15, -0.1) is 0 Å². The van der Waals surface area contributed by atoms with E-state index in [9.17, 15) is 0 Å². The summed E-state index contributed by atoms with van der Waals surface area (Å²) in [5.41, 5.74) is 2.74. The molecule has 3 heterocycles. The van der Waals surface area contributed by atoms with Gasteiger partial charge >= 0.3 is 0 Å². The lowest BCUT2D eigenvalue weighted by molar-refractivity contribution is 0.315. The largest absolute Gasteiger partial charge is 0.493 e. The summed E-state index contributed by atoms with van der Waals surface area (Å²) >= 11 is 0. The summed E-state index contributed by atoms with van der Waals surface area (Å²) in [6.45, 7) is 1.43. The number of fused-ring (bicyclic) bond motifs is 7. The first kappa shape index (κ1) is 14.4. The van der Waals surface area contributed by atoms with Crippen LogP contribution in [0.25, 0.3) is 11.3 Å². The van der Waals surface area contributed by atoms with E-state index in [1.165, 1.54) is 0 Å². The molecule has 1 aliphatic rings. The summed E-state index contributed by atoms with van der Waals surface area (Å²) in [7, 11) is 0. The highest BCUT2D eigenvalue weighted by molar-refractivity contribution is 5.65. The molecule has 24 heavy (non-hydrogen) atoms. The Balaban J connectivity index is 1.73. The molecule has 0 atom stereocenters. The SMILES string of the molecule is c1cc2cc(c1)OCCCNc1cc(ccn1)-c1ccnc(n1)N2. The molecule has 4 rings (SSSR count). The molecule has 6 nitrogen and oxygen atoms in total. The minimum atomic E-state index is 0.547. The maximum absolute atomic E-state index is 5.79. The predicted molar refractivity (Wildman–Crippen MR) is 93.6 cm³/mol. The van der Waals surface area contributed by atoms with Crippen LogP contribution in [0, 0.1) is 0 Å². The molecule has 0 unspecified atom stereocenters. The number of pyridine rings is 1. The summed E-state index contributed by atoms with van der Waals surface area (Å²) < 4.78 is 5.79. The smallest absolute Gasteiger partial charge is 0.227 e. The van der Waals surface area contributed by atoms with Gasteiger partial charge in [0.2, 0.25) is 5.95 Å². The summed E-state index contributed by atoms with van der Waals surface area (Å²) in [6.07, 6.45) is 4.41. The van der Waals surface area contributed by atoms with E-state index in [0.29, 0.717) is 12.6 Å². The maximum atomic E-state index is 5.79. The summed E-state index contributed by atoms with van der Waals surface area (Å²) in [5, 5.41) is 6.55. The van der Waals surface area contributed by atoms with Crippen molar-refractivity contribution >= 4 is 17.5 Å². The van der Waals surface area contributed by atoms with Gasteiger partial charge < -0.3 is 15.4 Å². The number of nitrogens with zero attached hydrogens (tertiary/aromatic N) is 3. The van der Waals surface area contributed by atoms with Crippen LogP contribution >= 0.6 is 0 Å². The Morgan fingerprint density at radius 3 is 2.96 bits per heavy atom. The molecule has 1 aliphatic heterocycles. The van der Waals surface area contributed by atoms with Crippen molar-refractivity contribution in [1.29, 1.82) is 0 Å². The van der Waals surface area contributed by atoms with Crippen LogP contribution in [0.15, 0.2) is 54.9 Å². The lowest BCUT2D eigenvalue weighted by Gasteiger charge is -2.09. The van der Waals surface area contributed by atoms with Gasteiger partial charge in [0.05, 0.1) is 12.3 Å². The maximum Gasteiger partial charge on any atom is 0.227 e. The van der Waals surface area contributed by atoms with Crippen LogP contribution in [0.1, 0.15) is 6.42 Å². The first-order chi connectivity index (χ1) is 11.9. The van der Waals surface area contributed by atoms with Crippen molar-refractivity contribution < 1.29 is 4.74 Å². The zero-order valence-corrected chi connectivity index (χ0v) is 13.1. The second-order valence-corrected chi connectivity index (χ2v) is 5.48. The third kappa shape index (κ3) is 3.27. The van der Waals surface area contributed by atoms with Crippen LogP contribution in [0.3, 0.4) is 0 Å². The van der Waals surface area contributed by atoms with Crippen LogP contribution in [0.2, 0.25) is 0 Å². The van der Waals surface area contributed by atoms with E-state index in [1.54, 1.807) is 12.4 Å². The topological polar surface area (TPSA) is 72.0 Å². The van der Waals surface area contributed by atoms with Gasteiger partial charge in [0.25, 0.3) is 0 Å². The van der Waals surface area contributed by atoms with Gasteiger partial charge in [-0.05, 0) is 36.8 Å². The molecule has 0 radical (unpaired) electrons. The predicted octanol–water partition coefficient (Wildman–Crippen LogP) is 3.48. The Morgan fingerprint density at radius 1 is 1.00 bits per heavy atom. The molecule has 120 valence electrons. The second kappa shape index (κ2) is 6.54. The fourth-order valence-corrected chi connectivity index (χ4v) is 2.54. The van der Waals surface area contributed by atoms with Crippen molar-refractivity contribution in [3.63, 3.8) is 0 Å². The van der Waals surface area contributed by atoms with E-state index in [4.69, 9.17) is 4.74 Å². The Labute approximate surface area is 140 Å². The molecule has 2 aromatic heterocycles. The van der Waals surface area contributed by atoms with Crippen molar-refractivity contribution in [2.24, 2.45) is 0 Å². The summed E-state index contributed by atoms with van der Waals surface area (Å²) in [4.78, 5) is 13.2. The van der Waals surface area contributed by atoms with Crippen molar-refractivity contribution in [1.82, 2.24) is 15.0 Å². The first-order valence-electron chi connectivity index (χ1n) is 7.90. The molecule has 3 aromatic rings. The fraction of sp³-hybridized carbons (Fsp3) is 0.167. The molecule has 0 amide bonds. The van der Waals surface area contributed by atoms with Gasteiger partial charge in [0.15, 0.2) is 0 Å². The highest BCUT2D eigenvalue weighted by atomic mass is 16.5. The Hall–Kier alpha value is -3.15. The third-order valence-electron chi connectivity index (χ3n) is 3.70. The molecule has 0 aliphatic carbocycles. The number of hydrogen-bond donors (Lipinski definition) is 2. The van der Waals surface area contributed by atoms with Crippen molar-refractivity contribution in [3.8, 4) is 17.0 Å². The second-order valence-electron chi connectivity index (χ2n) is 5.48. The van der Waals surface area contributed by atoms with Gasteiger partial charge in [-0.25, -0.2) is 15.0 Å². The highest BCUT2D eigenvalue weighted by Crippen LogP contribution is 2.23. The van der Waals surface area contributed by atoms with Crippen LogP contribution in [-0.4, -0.2) is 28.1 Å². The van der Waals surface area contributed by atoms with Crippen molar-refractivity contribution in [2.75, 3.05) is 23.8 Å². The number of benzene rings is 1. The zero-order chi connectivity index (χ0) is 16.2. The summed E-state index contributed by atoms with van der Waals surface area (Å²) in [5.74, 6) is 2.20. The molecular formula is C18H17N5O. The zero-order valence-electron chi connectivity index (χ0n) is 13.1. The van der Waals surface area contributed by atoms with Crippen molar-refractivity contribution in [3.05, 3.63) is 54.9 Å². The van der Waals surface area contributed by atoms with Gasteiger partial charge in [-0.1, -0.05) is 6.07 Å². The highest BCUT2D eigenvalue weighted by Gasteiger charge is 2.06. The fourth-order valence-electron chi connectivity index (χ4n) is 2.54. The number of ether oxygens (including phenoxy) is 1. The summed E-state index contributed by atoms with van der Waals surface area (Å²) in [6, 6.07) is 13.6. The van der Waals surface area contributed by atoms with Gasteiger partial charge in [0.1, 0.15) is 11.6 Å². The molecule has 6 heteroatoms. The molecule has 6 bridgehead atoms.